The summed E-state index contributed by atoms with van der Waals surface area (Å²) in [5, 5.41) is 0. The van der Waals surface area contributed by atoms with E-state index in [9.17, 15) is 0 Å². The van der Waals surface area contributed by atoms with Crippen LogP contribution in [0, 0.1) is 0 Å². The van der Waals surface area contributed by atoms with Crippen LogP contribution in [-0.4, -0.2) is 64.4 Å². The van der Waals surface area contributed by atoms with Crippen molar-refractivity contribution in [2.24, 2.45) is 0 Å². The normalized spacial score (nSPS) is 17.0. The van der Waals surface area contributed by atoms with E-state index in [4.69, 9.17) is 14.2 Å². The van der Waals surface area contributed by atoms with Crippen molar-refractivity contribution in [3.63, 3.8) is 0 Å². The monoisotopic (exact) mass is 280 g/mol. The Labute approximate surface area is 121 Å². The molecule has 0 radical (unpaired) electrons. The Morgan fingerprint density at radius 3 is 2.10 bits per heavy atom. The number of rotatable bonds is 5. The highest BCUT2D eigenvalue weighted by molar-refractivity contribution is 5.55. The van der Waals surface area contributed by atoms with Gasteiger partial charge in [-0.3, -0.25) is 4.90 Å². The van der Waals surface area contributed by atoms with Gasteiger partial charge in [0.1, 0.15) is 0 Å². The van der Waals surface area contributed by atoms with Gasteiger partial charge in [-0.2, -0.15) is 0 Å². The van der Waals surface area contributed by atoms with Crippen LogP contribution in [0.25, 0.3) is 0 Å². The van der Waals surface area contributed by atoms with Crippen LogP contribution in [0.4, 0.5) is 0 Å². The minimum Gasteiger partial charge on any atom is -0.493 e. The van der Waals surface area contributed by atoms with Crippen LogP contribution in [-0.2, 0) is 6.54 Å². The van der Waals surface area contributed by atoms with Crippen LogP contribution in [0.3, 0.4) is 0 Å². The first-order valence-electron chi connectivity index (χ1n) is 6.88. The van der Waals surface area contributed by atoms with Crippen LogP contribution >= 0.6 is 0 Å². The van der Waals surface area contributed by atoms with Gasteiger partial charge < -0.3 is 19.1 Å². The third-order valence-electron chi connectivity index (χ3n) is 3.78. The summed E-state index contributed by atoms with van der Waals surface area (Å²) < 4.78 is 16.3. The third kappa shape index (κ3) is 3.16. The Morgan fingerprint density at radius 1 is 0.900 bits per heavy atom. The Bertz CT molecular complexity index is 443. The zero-order valence-corrected chi connectivity index (χ0v) is 12.8. The maximum absolute atomic E-state index is 5.53. The number of likely N-dealkylation sites (N-methyl/N-ethyl adjacent to an activating group) is 1. The smallest absolute Gasteiger partial charge is 0.203 e. The predicted octanol–water partition coefficient (Wildman–Crippen LogP) is 1.46. The average molecular weight is 280 g/mol. The van der Waals surface area contributed by atoms with Gasteiger partial charge in [-0.25, -0.2) is 0 Å². The molecule has 2 rings (SSSR count). The molecule has 5 heteroatoms. The maximum atomic E-state index is 5.53. The first-order valence-corrected chi connectivity index (χ1v) is 6.88. The summed E-state index contributed by atoms with van der Waals surface area (Å²) in [6.45, 7) is 5.24. The van der Waals surface area contributed by atoms with Crippen molar-refractivity contribution in [3.05, 3.63) is 17.7 Å². The molecule has 1 aliphatic heterocycles. The number of piperazine rings is 1. The molecule has 112 valence electrons. The second-order valence-electron chi connectivity index (χ2n) is 5.07. The SMILES string of the molecule is COc1ccc(CN2CCN(C)CC2)c(OC)c1OC. The van der Waals surface area contributed by atoms with Gasteiger partial charge in [-0.05, 0) is 13.1 Å². The Balaban J connectivity index is 2.19. The number of hydrogen-bond acceptors (Lipinski definition) is 5. The standard InChI is InChI=1S/C15H24N2O3/c1-16-7-9-17(10-8-16)11-12-5-6-13(18-2)15(20-4)14(12)19-3/h5-6H,7-11H2,1-4H3. The zero-order chi connectivity index (χ0) is 14.5. The lowest BCUT2D eigenvalue weighted by Crippen LogP contribution is -2.43. The van der Waals surface area contributed by atoms with E-state index in [-0.39, 0.29) is 0 Å². The van der Waals surface area contributed by atoms with E-state index in [0.717, 1.165) is 44.0 Å². The number of benzene rings is 1. The van der Waals surface area contributed by atoms with E-state index in [1.165, 1.54) is 0 Å². The molecule has 0 amide bonds. The van der Waals surface area contributed by atoms with E-state index < -0.39 is 0 Å². The summed E-state index contributed by atoms with van der Waals surface area (Å²) >= 11 is 0. The lowest BCUT2D eigenvalue weighted by atomic mass is 10.1. The van der Waals surface area contributed by atoms with Crippen molar-refractivity contribution in [3.8, 4) is 17.2 Å². The molecular weight excluding hydrogens is 256 g/mol. The van der Waals surface area contributed by atoms with Gasteiger partial charge >= 0.3 is 0 Å². The molecule has 1 heterocycles. The van der Waals surface area contributed by atoms with Crippen molar-refractivity contribution >= 4 is 0 Å². The molecule has 1 fully saturated rings. The molecule has 0 saturated carbocycles. The van der Waals surface area contributed by atoms with Crippen LogP contribution < -0.4 is 14.2 Å². The minimum absolute atomic E-state index is 0.668. The maximum Gasteiger partial charge on any atom is 0.203 e. The minimum atomic E-state index is 0.668. The van der Waals surface area contributed by atoms with Gasteiger partial charge in [0.05, 0.1) is 21.3 Å². The molecule has 0 bridgehead atoms. The van der Waals surface area contributed by atoms with E-state index in [1.54, 1.807) is 21.3 Å². The van der Waals surface area contributed by atoms with E-state index in [2.05, 4.69) is 22.9 Å². The van der Waals surface area contributed by atoms with Gasteiger partial charge in [-0.15, -0.1) is 0 Å². The van der Waals surface area contributed by atoms with Crippen molar-refractivity contribution in [1.82, 2.24) is 9.80 Å². The molecule has 0 aliphatic carbocycles. The summed E-state index contributed by atoms with van der Waals surface area (Å²) in [4.78, 5) is 4.78. The van der Waals surface area contributed by atoms with Gasteiger partial charge in [0, 0.05) is 38.3 Å². The Kier molecular flexibility index (Phi) is 5.09. The molecule has 1 saturated heterocycles. The molecule has 0 aromatic heterocycles. The molecule has 5 nitrogen and oxygen atoms in total. The molecule has 0 atom stereocenters. The van der Waals surface area contributed by atoms with Crippen molar-refractivity contribution < 1.29 is 14.2 Å². The van der Waals surface area contributed by atoms with E-state index >= 15 is 0 Å². The highest BCUT2D eigenvalue weighted by Gasteiger charge is 2.19. The number of nitrogens with zero attached hydrogens (tertiary/aromatic N) is 2. The van der Waals surface area contributed by atoms with Gasteiger partial charge in [0.15, 0.2) is 11.5 Å². The lowest BCUT2D eigenvalue weighted by molar-refractivity contribution is 0.147. The van der Waals surface area contributed by atoms with Crippen LogP contribution in [0.15, 0.2) is 12.1 Å². The second-order valence-corrected chi connectivity index (χ2v) is 5.07. The second kappa shape index (κ2) is 6.81. The summed E-state index contributed by atoms with van der Waals surface area (Å²) in [5.74, 6) is 2.14. The van der Waals surface area contributed by atoms with E-state index in [1.807, 2.05) is 6.07 Å². The molecule has 1 aromatic carbocycles. The zero-order valence-electron chi connectivity index (χ0n) is 12.8. The molecule has 0 spiro atoms. The van der Waals surface area contributed by atoms with Gasteiger partial charge in [0.25, 0.3) is 0 Å². The summed E-state index contributed by atoms with van der Waals surface area (Å²) in [6.07, 6.45) is 0. The fourth-order valence-corrected chi connectivity index (χ4v) is 2.53. The van der Waals surface area contributed by atoms with Gasteiger partial charge in [-0.1, -0.05) is 6.07 Å². The topological polar surface area (TPSA) is 34.2 Å². The molecule has 0 N–H and O–H groups in total. The fraction of sp³-hybridized carbons (Fsp3) is 0.600. The first kappa shape index (κ1) is 14.9. The quantitative estimate of drug-likeness (QED) is 0.816. The summed E-state index contributed by atoms with van der Waals surface area (Å²) in [7, 11) is 7.11. The van der Waals surface area contributed by atoms with E-state index in [0.29, 0.717) is 11.5 Å². The summed E-state index contributed by atoms with van der Waals surface area (Å²) in [5.41, 5.74) is 1.13. The first-order chi connectivity index (χ1) is 9.69. The molecule has 20 heavy (non-hydrogen) atoms. The van der Waals surface area contributed by atoms with Crippen molar-refractivity contribution in [2.45, 2.75) is 6.54 Å². The van der Waals surface area contributed by atoms with Crippen LogP contribution in [0.2, 0.25) is 0 Å². The number of methoxy groups -OCH3 is 3. The predicted molar refractivity (Wildman–Crippen MR) is 78.9 cm³/mol. The highest BCUT2D eigenvalue weighted by Crippen LogP contribution is 2.40. The molecule has 1 aromatic rings. The summed E-state index contributed by atoms with van der Waals surface area (Å²) in [6, 6.07) is 3.99. The third-order valence-corrected chi connectivity index (χ3v) is 3.78. The highest BCUT2D eigenvalue weighted by atomic mass is 16.5. The largest absolute Gasteiger partial charge is 0.493 e. The molecular formula is C15H24N2O3. The Hall–Kier alpha value is -1.46. The Morgan fingerprint density at radius 2 is 1.55 bits per heavy atom. The van der Waals surface area contributed by atoms with Crippen LogP contribution in [0.5, 0.6) is 17.2 Å². The average Bonchev–Trinajstić information content (AvgIpc) is 2.48. The number of hydrogen-bond donors (Lipinski definition) is 0. The fourth-order valence-electron chi connectivity index (χ4n) is 2.53. The number of ether oxygens (including phenoxy) is 3. The lowest BCUT2D eigenvalue weighted by Gasteiger charge is -2.32. The molecule has 1 aliphatic rings. The van der Waals surface area contributed by atoms with Crippen molar-refractivity contribution in [2.75, 3.05) is 54.6 Å². The van der Waals surface area contributed by atoms with Crippen LogP contribution in [0.1, 0.15) is 5.56 Å². The van der Waals surface area contributed by atoms with Crippen molar-refractivity contribution in [1.29, 1.82) is 0 Å². The van der Waals surface area contributed by atoms with Gasteiger partial charge in [0.2, 0.25) is 5.75 Å². The molecule has 0 unspecified atom stereocenters.